The summed E-state index contributed by atoms with van der Waals surface area (Å²) in [5, 5.41) is 3.04. The molecule has 8 nitrogen and oxygen atoms in total. The number of benzene rings is 2. The van der Waals surface area contributed by atoms with E-state index in [1.54, 1.807) is 24.0 Å². The molecule has 0 saturated carbocycles. The normalized spacial score (nSPS) is 16.9. The fourth-order valence-electron chi connectivity index (χ4n) is 4.86. The zero-order valence-corrected chi connectivity index (χ0v) is 19.9. The minimum absolute atomic E-state index is 0.00863. The molecule has 0 aromatic heterocycles. The Morgan fingerprint density at radius 1 is 0.882 bits per heavy atom. The Balaban J connectivity index is 1.42. The average molecular weight is 464 g/mol. The highest BCUT2D eigenvalue weighted by atomic mass is 16.2. The number of carbonyl (C=O) groups excluding carboxylic acids is 3. The Morgan fingerprint density at radius 3 is 2.09 bits per heavy atom. The van der Waals surface area contributed by atoms with Gasteiger partial charge in [0, 0.05) is 69.2 Å². The molecule has 0 aliphatic carbocycles. The van der Waals surface area contributed by atoms with E-state index in [-0.39, 0.29) is 17.9 Å². The van der Waals surface area contributed by atoms with Gasteiger partial charge in [0.05, 0.1) is 5.56 Å². The molecule has 34 heavy (non-hydrogen) atoms. The van der Waals surface area contributed by atoms with Gasteiger partial charge in [0.2, 0.25) is 5.91 Å². The van der Waals surface area contributed by atoms with Gasteiger partial charge in [0.1, 0.15) is 0 Å². The summed E-state index contributed by atoms with van der Waals surface area (Å²) >= 11 is 0. The van der Waals surface area contributed by atoms with Gasteiger partial charge in [-0.3, -0.25) is 14.4 Å². The monoisotopic (exact) mass is 463 g/mol. The number of likely N-dealkylation sites (tertiary alicyclic amines) is 1. The van der Waals surface area contributed by atoms with Gasteiger partial charge in [0.25, 0.3) is 11.8 Å². The molecule has 2 fully saturated rings. The first-order valence-corrected chi connectivity index (χ1v) is 11.9. The number of amides is 3. The zero-order valence-electron chi connectivity index (χ0n) is 19.9. The number of anilines is 2. The first kappa shape index (κ1) is 23.6. The lowest BCUT2D eigenvalue weighted by Gasteiger charge is -2.38. The Morgan fingerprint density at radius 2 is 1.50 bits per heavy atom. The smallest absolute Gasteiger partial charge is 0.251 e. The molecule has 2 aliphatic heterocycles. The summed E-state index contributed by atoms with van der Waals surface area (Å²) in [7, 11) is 0. The lowest BCUT2D eigenvalue weighted by atomic mass is 10.0. The first-order valence-electron chi connectivity index (χ1n) is 11.9. The summed E-state index contributed by atoms with van der Waals surface area (Å²) in [4.78, 5) is 43.0. The summed E-state index contributed by atoms with van der Waals surface area (Å²) in [6, 6.07) is 13.5. The van der Waals surface area contributed by atoms with Gasteiger partial charge in [-0.1, -0.05) is 18.2 Å². The number of piperazine rings is 1. The molecule has 0 atom stereocenters. The number of para-hydroxylation sites is 1. The van der Waals surface area contributed by atoms with Crippen molar-refractivity contribution < 1.29 is 14.4 Å². The fourth-order valence-corrected chi connectivity index (χ4v) is 4.86. The first-order chi connectivity index (χ1) is 16.3. The molecule has 2 aromatic rings. The van der Waals surface area contributed by atoms with Crippen LogP contribution in [0.1, 0.15) is 46.0 Å². The van der Waals surface area contributed by atoms with Gasteiger partial charge < -0.3 is 25.8 Å². The highest BCUT2D eigenvalue weighted by Crippen LogP contribution is 2.26. The van der Waals surface area contributed by atoms with Crippen LogP contribution in [0.3, 0.4) is 0 Å². The maximum absolute atomic E-state index is 12.9. The average Bonchev–Trinajstić information content (AvgIpc) is 2.84. The Kier molecular flexibility index (Phi) is 7.05. The second-order valence-corrected chi connectivity index (χ2v) is 9.11. The lowest BCUT2D eigenvalue weighted by molar-refractivity contribution is -0.129. The fraction of sp³-hybridized carbons (Fsp3) is 0.423. The van der Waals surface area contributed by atoms with Crippen molar-refractivity contribution in [1.82, 2.24) is 10.2 Å². The topological polar surface area (TPSA) is 99.0 Å². The molecular weight excluding hydrogens is 430 g/mol. The Labute approximate surface area is 200 Å². The number of hydrogen-bond donors (Lipinski definition) is 2. The van der Waals surface area contributed by atoms with Gasteiger partial charge in [-0.15, -0.1) is 0 Å². The SMILES string of the molecule is CC(=O)N1CCC(NC(=O)c2ccc(N3CCN(c4ccccc4C)CC3)c(C(N)=O)c2)CC1. The maximum Gasteiger partial charge on any atom is 0.251 e. The van der Waals surface area contributed by atoms with E-state index in [2.05, 4.69) is 40.2 Å². The van der Waals surface area contributed by atoms with Crippen molar-refractivity contribution in [3.63, 3.8) is 0 Å². The van der Waals surface area contributed by atoms with Crippen LogP contribution in [0.5, 0.6) is 0 Å². The third-order valence-electron chi connectivity index (χ3n) is 6.88. The number of nitrogens with two attached hydrogens (primary N) is 1. The summed E-state index contributed by atoms with van der Waals surface area (Å²) < 4.78 is 0. The summed E-state index contributed by atoms with van der Waals surface area (Å²) in [5.74, 6) is -0.702. The van der Waals surface area contributed by atoms with Crippen molar-refractivity contribution in [3.05, 3.63) is 59.2 Å². The third kappa shape index (κ3) is 5.16. The molecular formula is C26H33N5O3. The van der Waals surface area contributed by atoms with Gasteiger partial charge >= 0.3 is 0 Å². The number of piperidine rings is 1. The lowest BCUT2D eigenvalue weighted by Crippen LogP contribution is -2.47. The van der Waals surface area contributed by atoms with Crippen LogP contribution in [0.4, 0.5) is 11.4 Å². The van der Waals surface area contributed by atoms with E-state index in [9.17, 15) is 14.4 Å². The van der Waals surface area contributed by atoms with Crippen LogP contribution in [0.2, 0.25) is 0 Å². The van der Waals surface area contributed by atoms with Crippen molar-refractivity contribution in [3.8, 4) is 0 Å². The second kappa shape index (κ2) is 10.2. The molecule has 3 amide bonds. The van der Waals surface area contributed by atoms with E-state index < -0.39 is 5.91 Å². The van der Waals surface area contributed by atoms with E-state index in [0.29, 0.717) is 24.2 Å². The van der Waals surface area contributed by atoms with Gasteiger partial charge in [-0.25, -0.2) is 0 Å². The van der Waals surface area contributed by atoms with Gasteiger partial charge in [-0.05, 0) is 49.6 Å². The predicted octanol–water partition coefficient (Wildman–Crippen LogP) is 2.16. The molecule has 0 spiro atoms. The Hall–Kier alpha value is -3.55. The van der Waals surface area contributed by atoms with E-state index in [1.165, 1.54) is 11.3 Å². The minimum atomic E-state index is -0.541. The molecule has 2 aromatic carbocycles. The molecule has 0 radical (unpaired) electrons. The molecule has 2 saturated heterocycles. The highest BCUT2D eigenvalue weighted by molar-refractivity contribution is 6.03. The number of hydrogen-bond acceptors (Lipinski definition) is 5. The molecule has 8 heteroatoms. The third-order valence-corrected chi connectivity index (χ3v) is 6.88. The maximum atomic E-state index is 12.9. The largest absolute Gasteiger partial charge is 0.368 e. The molecule has 2 aliphatic rings. The molecule has 2 heterocycles. The van der Waals surface area contributed by atoms with Crippen molar-refractivity contribution in [2.45, 2.75) is 32.7 Å². The molecule has 0 bridgehead atoms. The number of nitrogens with zero attached hydrogens (tertiary/aromatic N) is 3. The van der Waals surface area contributed by atoms with Crippen LogP contribution in [-0.2, 0) is 4.79 Å². The number of aryl methyl sites for hydroxylation is 1. The standard InChI is InChI=1S/C26H33N5O3/c1-18-5-3-4-6-23(18)30-13-15-31(16-14-30)24-8-7-20(17-22(24)25(27)33)26(34)28-21-9-11-29(12-10-21)19(2)32/h3-8,17,21H,9-16H2,1-2H3,(H2,27,33)(H,28,34). The van der Waals surface area contributed by atoms with Crippen LogP contribution in [0.25, 0.3) is 0 Å². The summed E-state index contributed by atoms with van der Waals surface area (Å²) in [5.41, 5.74) is 9.74. The van der Waals surface area contributed by atoms with Crippen molar-refractivity contribution in [2.24, 2.45) is 5.73 Å². The van der Waals surface area contributed by atoms with E-state index in [1.807, 2.05) is 12.1 Å². The van der Waals surface area contributed by atoms with Crippen LogP contribution in [-0.4, -0.2) is 67.9 Å². The van der Waals surface area contributed by atoms with Crippen molar-refractivity contribution in [1.29, 1.82) is 0 Å². The zero-order chi connectivity index (χ0) is 24.2. The van der Waals surface area contributed by atoms with Crippen LogP contribution >= 0.6 is 0 Å². The highest BCUT2D eigenvalue weighted by Gasteiger charge is 2.25. The number of nitrogens with one attached hydrogen (secondary N) is 1. The van der Waals surface area contributed by atoms with E-state index in [0.717, 1.165) is 44.7 Å². The van der Waals surface area contributed by atoms with Crippen molar-refractivity contribution in [2.75, 3.05) is 49.1 Å². The number of primary amides is 1. The molecule has 4 rings (SSSR count). The quantitative estimate of drug-likeness (QED) is 0.708. The summed E-state index contributed by atoms with van der Waals surface area (Å²) in [6.07, 6.45) is 1.44. The van der Waals surface area contributed by atoms with E-state index >= 15 is 0 Å². The van der Waals surface area contributed by atoms with Crippen LogP contribution < -0.4 is 20.9 Å². The van der Waals surface area contributed by atoms with Crippen LogP contribution in [0.15, 0.2) is 42.5 Å². The number of carbonyl (C=O) groups is 3. The van der Waals surface area contributed by atoms with Gasteiger partial charge in [0.15, 0.2) is 0 Å². The van der Waals surface area contributed by atoms with Crippen molar-refractivity contribution >= 4 is 29.1 Å². The molecule has 0 unspecified atom stereocenters. The predicted molar refractivity (Wildman–Crippen MR) is 133 cm³/mol. The number of rotatable bonds is 5. The second-order valence-electron chi connectivity index (χ2n) is 9.11. The molecule has 180 valence electrons. The Bertz CT molecular complexity index is 1070. The van der Waals surface area contributed by atoms with E-state index in [4.69, 9.17) is 5.73 Å². The van der Waals surface area contributed by atoms with Crippen LogP contribution in [0, 0.1) is 6.92 Å². The minimum Gasteiger partial charge on any atom is -0.368 e. The molecule has 3 N–H and O–H groups in total. The summed E-state index contributed by atoms with van der Waals surface area (Å²) in [6.45, 7) is 8.15. The van der Waals surface area contributed by atoms with Gasteiger partial charge in [-0.2, -0.15) is 0 Å².